The highest BCUT2D eigenvalue weighted by atomic mass is 16.4. The third kappa shape index (κ3) is 3.06. The van der Waals surface area contributed by atoms with Gasteiger partial charge < -0.3 is 13.9 Å². The van der Waals surface area contributed by atoms with E-state index in [1.165, 1.54) is 0 Å². The van der Waals surface area contributed by atoms with E-state index >= 15 is 0 Å². The number of rotatable bonds is 5. The van der Waals surface area contributed by atoms with Crippen molar-refractivity contribution in [3.8, 4) is 11.3 Å². The standard InChI is InChI=1S/C23H22O3/c1-16-12-13-20(25-16)22-18-10-6-7-11-19(18)26-21(22)14-15-23(2,24)17-8-4-3-5-9-17/h3-13,24H,14-15H2,1-2H3/t23-/m0/s1. The van der Waals surface area contributed by atoms with E-state index in [1.54, 1.807) is 0 Å². The maximum atomic E-state index is 10.9. The second-order valence-corrected chi connectivity index (χ2v) is 6.95. The van der Waals surface area contributed by atoms with Crippen LogP contribution in [0.5, 0.6) is 0 Å². The Balaban J connectivity index is 1.70. The Labute approximate surface area is 152 Å². The van der Waals surface area contributed by atoms with Gasteiger partial charge in [0.2, 0.25) is 0 Å². The largest absolute Gasteiger partial charge is 0.461 e. The minimum Gasteiger partial charge on any atom is -0.461 e. The second kappa shape index (κ2) is 6.50. The highest BCUT2D eigenvalue weighted by Gasteiger charge is 2.25. The molecule has 0 aliphatic rings. The van der Waals surface area contributed by atoms with Crippen molar-refractivity contribution in [2.45, 2.75) is 32.3 Å². The lowest BCUT2D eigenvalue weighted by molar-refractivity contribution is 0.0468. The fourth-order valence-electron chi connectivity index (χ4n) is 3.41. The maximum absolute atomic E-state index is 10.9. The molecular formula is C23H22O3. The van der Waals surface area contributed by atoms with Gasteiger partial charge in [0.05, 0.1) is 11.2 Å². The van der Waals surface area contributed by atoms with Crippen LogP contribution >= 0.6 is 0 Å². The molecule has 1 N–H and O–H groups in total. The van der Waals surface area contributed by atoms with Crippen LogP contribution < -0.4 is 0 Å². The van der Waals surface area contributed by atoms with Gasteiger partial charge in [-0.1, -0.05) is 48.5 Å². The summed E-state index contributed by atoms with van der Waals surface area (Å²) in [7, 11) is 0. The van der Waals surface area contributed by atoms with Crippen LogP contribution in [0.1, 0.15) is 30.4 Å². The number of furan rings is 2. The summed E-state index contributed by atoms with van der Waals surface area (Å²) < 4.78 is 12.0. The quantitative estimate of drug-likeness (QED) is 0.494. The van der Waals surface area contributed by atoms with Gasteiger partial charge >= 0.3 is 0 Å². The lowest BCUT2D eigenvalue weighted by Gasteiger charge is -2.23. The fourth-order valence-corrected chi connectivity index (χ4v) is 3.41. The van der Waals surface area contributed by atoms with Crippen molar-refractivity contribution in [2.24, 2.45) is 0 Å². The van der Waals surface area contributed by atoms with Crippen LogP contribution in [0.4, 0.5) is 0 Å². The van der Waals surface area contributed by atoms with Gasteiger partial charge in [-0.25, -0.2) is 0 Å². The Morgan fingerprint density at radius 1 is 0.885 bits per heavy atom. The Morgan fingerprint density at radius 3 is 2.35 bits per heavy atom. The van der Waals surface area contributed by atoms with Crippen molar-refractivity contribution in [3.05, 3.63) is 83.8 Å². The molecule has 0 radical (unpaired) electrons. The molecule has 26 heavy (non-hydrogen) atoms. The van der Waals surface area contributed by atoms with Crippen LogP contribution in [0, 0.1) is 6.92 Å². The highest BCUT2D eigenvalue weighted by molar-refractivity contribution is 5.94. The molecular weight excluding hydrogens is 324 g/mol. The topological polar surface area (TPSA) is 46.5 Å². The van der Waals surface area contributed by atoms with Crippen molar-refractivity contribution >= 4 is 11.0 Å². The minimum absolute atomic E-state index is 0.559. The Hall–Kier alpha value is -2.78. The van der Waals surface area contributed by atoms with Gasteiger partial charge in [0.25, 0.3) is 0 Å². The molecule has 0 aliphatic carbocycles. The molecule has 0 spiro atoms. The van der Waals surface area contributed by atoms with Crippen LogP contribution in [0.2, 0.25) is 0 Å². The molecule has 2 heterocycles. The molecule has 0 fully saturated rings. The predicted molar refractivity (Wildman–Crippen MR) is 103 cm³/mol. The molecule has 132 valence electrons. The molecule has 3 nitrogen and oxygen atoms in total. The SMILES string of the molecule is Cc1ccc(-c2c(CC[C@](C)(O)c3ccccc3)oc3ccccc23)o1. The zero-order valence-corrected chi connectivity index (χ0v) is 15.0. The van der Waals surface area contributed by atoms with E-state index in [1.807, 2.05) is 80.6 Å². The van der Waals surface area contributed by atoms with Crippen molar-refractivity contribution in [1.82, 2.24) is 0 Å². The number of aliphatic hydroxyl groups is 1. The average molecular weight is 346 g/mol. The lowest BCUT2D eigenvalue weighted by atomic mass is 9.90. The first-order chi connectivity index (χ1) is 12.5. The molecule has 2 aromatic carbocycles. The van der Waals surface area contributed by atoms with Crippen molar-refractivity contribution in [1.29, 1.82) is 0 Å². The van der Waals surface area contributed by atoms with Crippen LogP contribution in [0.15, 0.2) is 75.6 Å². The first kappa shape index (κ1) is 16.7. The number of fused-ring (bicyclic) bond motifs is 1. The van der Waals surface area contributed by atoms with Gasteiger partial charge in [0.1, 0.15) is 22.9 Å². The van der Waals surface area contributed by atoms with Gasteiger partial charge in [-0.2, -0.15) is 0 Å². The number of aryl methyl sites for hydroxylation is 2. The van der Waals surface area contributed by atoms with Gasteiger partial charge in [-0.3, -0.25) is 0 Å². The maximum Gasteiger partial charge on any atom is 0.138 e. The third-order valence-corrected chi connectivity index (χ3v) is 4.89. The molecule has 0 saturated heterocycles. The Kier molecular flexibility index (Phi) is 4.17. The van der Waals surface area contributed by atoms with Crippen LogP contribution in [-0.4, -0.2) is 5.11 Å². The van der Waals surface area contributed by atoms with Crippen molar-refractivity contribution in [2.75, 3.05) is 0 Å². The van der Waals surface area contributed by atoms with E-state index in [2.05, 4.69) is 0 Å². The van der Waals surface area contributed by atoms with Gasteiger partial charge in [-0.15, -0.1) is 0 Å². The van der Waals surface area contributed by atoms with Crippen molar-refractivity contribution in [3.63, 3.8) is 0 Å². The average Bonchev–Trinajstić information content (AvgIpc) is 3.23. The van der Waals surface area contributed by atoms with E-state index in [9.17, 15) is 5.11 Å². The van der Waals surface area contributed by atoms with E-state index < -0.39 is 5.60 Å². The van der Waals surface area contributed by atoms with Crippen LogP contribution in [-0.2, 0) is 12.0 Å². The summed E-state index contributed by atoms with van der Waals surface area (Å²) in [6.45, 7) is 3.79. The van der Waals surface area contributed by atoms with Crippen LogP contribution in [0.25, 0.3) is 22.3 Å². The third-order valence-electron chi connectivity index (χ3n) is 4.89. The van der Waals surface area contributed by atoms with Gasteiger partial charge in [0.15, 0.2) is 0 Å². The lowest BCUT2D eigenvalue weighted by Crippen LogP contribution is -2.21. The molecule has 4 aromatic rings. The summed E-state index contributed by atoms with van der Waals surface area (Å²) in [5, 5.41) is 12.0. The first-order valence-electron chi connectivity index (χ1n) is 8.90. The van der Waals surface area contributed by atoms with E-state index in [0.717, 1.165) is 39.4 Å². The highest BCUT2D eigenvalue weighted by Crippen LogP contribution is 2.38. The minimum atomic E-state index is -0.920. The molecule has 0 bridgehead atoms. The summed E-state index contributed by atoms with van der Waals surface area (Å²) in [5.74, 6) is 2.52. The zero-order chi connectivity index (χ0) is 18.1. The molecule has 0 saturated carbocycles. The molecule has 4 rings (SSSR count). The first-order valence-corrected chi connectivity index (χ1v) is 8.90. The summed E-state index contributed by atoms with van der Waals surface area (Å²) in [4.78, 5) is 0. The smallest absolute Gasteiger partial charge is 0.138 e. The summed E-state index contributed by atoms with van der Waals surface area (Å²) in [6.07, 6.45) is 1.18. The molecule has 3 heteroatoms. The Bertz CT molecular complexity index is 1020. The van der Waals surface area contributed by atoms with Gasteiger partial charge in [-0.05, 0) is 44.0 Å². The van der Waals surface area contributed by atoms with E-state index in [4.69, 9.17) is 8.83 Å². The summed E-state index contributed by atoms with van der Waals surface area (Å²) >= 11 is 0. The van der Waals surface area contributed by atoms with Gasteiger partial charge in [0, 0.05) is 11.8 Å². The zero-order valence-electron chi connectivity index (χ0n) is 15.0. The van der Waals surface area contributed by atoms with Crippen LogP contribution in [0.3, 0.4) is 0 Å². The predicted octanol–water partition coefficient (Wildman–Crippen LogP) is 5.84. The Morgan fingerprint density at radius 2 is 1.62 bits per heavy atom. The number of hydrogen-bond acceptors (Lipinski definition) is 3. The van der Waals surface area contributed by atoms with E-state index in [-0.39, 0.29) is 0 Å². The monoisotopic (exact) mass is 346 g/mol. The van der Waals surface area contributed by atoms with E-state index in [0.29, 0.717) is 12.8 Å². The fraction of sp³-hybridized carbons (Fsp3) is 0.217. The van der Waals surface area contributed by atoms with Crippen molar-refractivity contribution < 1.29 is 13.9 Å². The summed E-state index contributed by atoms with van der Waals surface area (Å²) in [5.41, 5.74) is 1.81. The second-order valence-electron chi connectivity index (χ2n) is 6.95. The number of para-hydroxylation sites is 1. The molecule has 0 aliphatic heterocycles. The summed E-state index contributed by atoms with van der Waals surface area (Å²) in [6, 6.07) is 21.7. The number of hydrogen-bond donors (Lipinski definition) is 1. The molecule has 0 amide bonds. The molecule has 2 aromatic heterocycles. The normalized spacial score (nSPS) is 13.8. The molecule has 1 atom stereocenters. The number of benzene rings is 2. The molecule has 0 unspecified atom stereocenters.